The van der Waals surface area contributed by atoms with Gasteiger partial charge in [0.05, 0.1) is 6.10 Å². The topological polar surface area (TPSA) is 32.8 Å². The lowest BCUT2D eigenvalue weighted by Crippen LogP contribution is -2.38. The molecule has 1 aliphatic carbocycles. The lowest BCUT2D eigenvalue weighted by Gasteiger charge is -2.25. The van der Waals surface area contributed by atoms with Crippen LogP contribution in [0.25, 0.3) is 0 Å². The zero-order chi connectivity index (χ0) is 17.5. The fourth-order valence-corrected chi connectivity index (χ4v) is 3.74. The van der Waals surface area contributed by atoms with Crippen molar-refractivity contribution in [1.29, 1.82) is 0 Å². The van der Waals surface area contributed by atoms with E-state index >= 15 is 0 Å². The molecule has 4 nitrogen and oxygen atoms in total. The quantitative estimate of drug-likeness (QED) is 0.819. The number of halogens is 1. The number of hydrogen-bond acceptors (Lipinski definition) is 3. The van der Waals surface area contributed by atoms with E-state index in [4.69, 9.17) is 4.74 Å². The number of rotatable bonds is 5. The Morgan fingerprint density at radius 3 is 2.52 bits per heavy atom. The summed E-state index contributed by atoms with van der Waals surface area (Å²) in [6.07, 6.45) is 7.18. The summed E-state index contributed by atoms with van der Waals surface area (Å²) in [7, 11) is 0. The highest BCUT2D eigenvalue weighted by molar-refractivity contribution is 5.77. The van der Waals surface area contributed by atoms with Gasteiger partial charge in [-0.25, -0.2) is 4.39 Å². The van der Waals surface area contributed by atoms with Crippen molar-refractivity contribution in [3.8, 4) is 0 Å². The lowest BCUT2D eigenvalue weighted by atomic mass is 9.98. The minimum absolute atomic E-state index is 0.120. The van der Waals surface area contributed by atoms with Crippen LogP contribution in [-0.4, -0.2) is 54.6 Å². The Kier molecular flexibility index (Phi) is 6.82. The highest BCUT2D eigenvalue weighted by atomic mass is 19.1. The van der Waals surface area contributed by atoms with Gasteiger partial charge in [0.2, 0.25) is 5.91 Å². The molecule has 1 amide bonds. The molecule has 0 unspecified atom stereocenters. The Hall–Kier alpha value is -1.46. The van der Waals surface area contributed by atoms with Gasteiger partial charge in [0.25, 0.3) is 0 Å². The molecule has 1 aliphatic heterocycles. The summed E-state index contributed by atoms with van der Waals surface area (Å²) in [6.45, 7) is 4.39. The highest BCUT2D eigenvalue weighted by Gasteiger charge is 2.21. The van der Waals surface area contributed by atoms with Crippen LogP contribution < -0.4 is 0 Å². The first-order valence-electron chi connectivity index (χ1n) is 9.57. The molecule has 0 radical (unpaired) electrons. The van der Waals surface area contributed by atoms with Crippen molar-refractivity contribution in [1.82, 2.24) is 9.80 Å². The molecule has 0 atom stereocenters. The molecule has 2 aliphatic rings. The fraction of sp³-hybridized carbons (Fsp3) is 0.650. The van der Waals surface area contributed by atoms with Crippen molar-refractivity contribution in [2.45, 2.75) is 51.2 Å². The van der Waals surface area contributed by atoms with Gasteiger partial charge in [-0.05, 0) is 37.0 Å². The van der Waals surface area contributed by atoms with Gasteiger partial charge in [-0.1, -0.05) is 31.4 Å². The van der Waals surface area contributed by atoms with Crippen LogP contribution in [0, 0.1) is 5.82 Å². The molecule has 0 aromatic heterocycles. The Morgan fingerprint density at radius 1 is 1.00 bits per heavy atom. The van der Waals surface area contributed by atoms with Crippen molar-refractivity contribution in [3.63, 3.8) is 0 Å². The molecule has 25 heavy (non-hydrogen) atoms. The average Bonchev–Trinajstić information content (AvgIpc) is 2.88. The lowest BCUT2D eigenvalue weighted by molar-refractivity contribution is -0.138. The van der Waals surface area contributed by atoms with Gasteiger partial charge in [-0.15, -0.1) is 0 Å². The Balaban J connectivity index is 1.42. The first kappa shape index (κ1) is 18.3. The number of carbonyl (C=O) groups is 1. The molecule has 1 aromatic rings. The summed E-state index contributed by atoms with van der Waals surface area (Å²) in [4.78, 5) is 16.7. The second-order valence-electron chi connectivity index (χ2n) is 7.21. The Morgan fingerprint density at radius 2 is 1.76 bits per heavy atom. The molecule has 138 valence electrons. The van der Waals surface area contributed by atoms with Crippen molar-refractivity contribution >= 4 is 5.91 Å². The Bertz CT molecular complexity index is 543. The van der Waals surface area contributed by atoms with Crippen LogP contribution in [0.4, 0.5) is 4.39 Å². The van der Waals surface area contributed by atoms with Gasteiger partial charge in [-0.3, -0.25) is 9.69 Å². The van der Waals surface area contributed by atoms with E-state index in [1.165, 1.54) is 31.4 Å². The molecule has 0 N–H and O–H groups in total. The van der Waals surface area contributed by atoms with Crippen LogP contribution in [0.15, 0.2) is 24.3 Å². The van der Waals surface area contributed by atoms with E-state index in [0.717, 1.165) is 57.5 Å². The molecule has 1 heterocycles. The zero-order valence-corrected chi connectivity index (χ0v) is 15.0. The molecule has 3 rings (SSSR count). The molecule has 1 aromatic carbocycles. The first-order valence-corrected chi connectivity index (χ1v) is 9.57. The van der Waals surface area contributed by atoms with E-state index in [1.54, 1.807) is 0 Å². The maximum Gasteiger partial charge on any atom is 0.248 e. The highest BCUT2D eigenvalue weighted by Crippen LogP contribution is 2.20. The number of ether oxygens (including phenoxy) is 1. The number of amides is 1. The summed E-state index contributed by atoms with van der Waals surface area (Å²) < 4.78 is 18.8. The van der Waals surface area contributed by atoms with Crippen LogP contribution in [0.3, 0.4) is 0 Å². The first-order chi connectivity index (χ1) is 12.2. The Labute approximate surface area is 149 Å². The molecule has 1 saturated heterocycles. The van der Waals surface area contributed by atoms with Crippen LogP contribution in [0.2, 0.25) is 0 Å². The number of benzene rings is 1. The van der Waals surface area contributed by atoms with E-state index in [1.807, 2.05) is 17.0 Å². The summed E-state index contributed by atoms with van der Waals surface area (Å²) in [5.41, 5.74) is 1.11. The maximum atomic E-state index is 13.0. The minimum Gasteiger partial charge on any atom is -0.368 e. The van der Waals surface area contributed by atoms with E-state index in [-0.39, 0.29) is 24.4 Å². The standard InChI is InChI=1S/C20H29FN2O2/c21-18-9-7-17(8-10-18)15-22-11-4-12-23(14-13-22)20(24)16-25-19-5-2-1-3-6-19/h7-10,19H,1-6,11-16H2. The van der Waals surface area contributed by atoms with Crippen molar-refractivity contribution in [3.05, 3.63) is 35.6 Å². The van der Waals surface area contributed by atoms with E-state index < -0.39 is 0 Å². The normalized spacial score (nSPS) is 20.4. The summed E-state index contributed by atoms with van der Waals surface area (Å²) >= 11 is 0. The second kappa shape index (κ2) is 9.30. The zero-order valence-electron chi connectivity index (χ0n) is 15.0. The molecular formula is C20H29FN2O2. The summed E-state index contributed by atoms with van der Waals surface area (Å²) in [6, 6.07) is 6.68. The molecule has 5 heteroatoms. The van der Waals surface area contributed by atoms with Gasteiger partial charge >= 0.3 is 0 Å². The molecule has 0 spiro atoms. The smallest absolute Gasteiger partial charge is 0.248 e. The van der Waals surface area contributed by atoms with Gasteiger partial charge in [0, 0.05) is 32.7 Å². The summed E-state index contributed by atoms with van der Waals surface area (Å²) in [5, 5.41) is 0. The van der Waals surface area contributed by atoms with Crippen LogP contribution in [0.1, 0.15) is 44.1 Å². The number of carbonyl (C=O) groups excluding carboxylic acids is 1. The molecule has 1 saturated carbocycles. The van der Waals surface area contributed by atoms with Gasteiger partial charge in [-0.2, -0.15) is 0 Å². The largest absolute Gasteiger partial charge is 0.368 e. The van der Waals surface area contributed by atoms with Gasteiger partial charge in [0.15, 0.2) is 0 Å². The third kappa shape index (κ3) is 5.79. The van der Waals surface area contributed by atoms with E-state index in [2.05, 4.69) is 4.90 Å². The predicted octanol–water partition coefficient (Wildman–Crippen LogP) is 3.21. The van der Waals surface area contributed by atoms with Crippen molar-refractivity contribution in [2.24, 2.45) is 0 Å². The number of nitrogens with zero attached hydrogens (tertiary/aromatic N) is 2. The van der Waals surface area contributed by atoms with E-state index in [9.17, 15) is 9.18 Å². The molecular weight excluding hydrogens is 319 g/mol. The fourth-order valence-electron chi connectivity index (χ4n) is 3.74. The average molecular weight is 348 g/mol. The van der Waals surface area contributed by atoms with Crippen molar-refractivity contribution in [2.75, 3.05) is 32.8 Å². The molecule has 0 bridgehead atoms. The number of hydrogen-bond donors (Lipinski definition) is 0. The second-order valence-corrected chi connectivity index (χ2v) is 7.21. The van der Waals surface area contributed by atoms with E-state index in [0.29, 0.717) is 0 Å². The summed E-state index contributed by atoms with van der Waals surface area (Å²) in [5.74, 6) is -0.0800. The van der Waals surface area contributed by atoms with Gasteiger partial charge < -0.3 is 9.64 Å². The minimum atomic E-state index is -0.200. The van der Waals surface area contributed by atoms with Crippen LogP contribution in [-0.2, 0) is 16.1 Å². The van der Waals surface area contributed by atoms with Crippen molar-refractivity contribution < 1.29 is 13.9 Å². The van der Waals surface area contributed by atoms with Crippen LogP contribution >= 0.6 is 0 Å². The monoisotopic (exact) mass is 348 g/mol. The third-order valence-corrected chi connectivity index (χ3v) is 5.26. The SMILES string of the molecule is O=C(COC1CCCCC1)N1CCCN(Cc2ccc(F)cc2)CC1. The van der Waals surface area contributed by atoms with Crippen LogP contribution in [0.5, 0.6) is 0 Å². The van der Waals surface area contributed by atoms with Gasteiger partial charge in [0.1, 0.15) is 12.4 Å². The maximum absolute atomic E-state index is 13.0. The third-order valence-electron chi connectivity index (χ3n) is 5.26. The predicted molar refractivity (Wildman–Crippen MR) is 95.7 cm³/mol. The molecule has 2 fully saturated rings.